The number of carbonyl (C=O) groups is 2. The fourth-order valence-electron chi connectivity index (χ4n) is 2.92. The van der Waals surface area contributed by atoms with Crippen LogP contribution in [0.15, 0.2) is 48.5 Å². The number of ether oxygens (including phenoxy) is 1. The van der Waals surface area contributed by atoms with Crippen LogP contribution in [0.2, 0.25) is 0 Å². The second-order valence-corrected chi connectivity index (χ2v) is 7.77. The maximum absolute atomic E-state index is 12.3. The molecule has 0 radical (unpaired) electrons. The molecule has 0 fully saturated rings. The zero-order valence-electron chi connectivity index (χ0n) is 18.4. The minimum Gasteiger partial charge on any atom is -0.497 e. The van der Waals surface area contributed by atoms with Gasteiger partial charge in [-0.25, -0.2) is 4.79 Å². The van der Waals surface area contributed by atoms with Crippen LogP contribution in [-0.4, -0.2) is 51.1 Å². The van der Waals surface area contributed by atoms with Crippen molar-refractivity contribution in [3.05, 3.63) is 59.7 Å². The van der Waals surface area contributed by atoms with Crippen LogP contribution < -0.4 is 20.7 Å². The van der Waals surface area contributed by atoms with E-state index in [9.17, 15) is 9.59 Å². The van der Waals surface area contributed by atoms with Gasteiger partial charge in [0.2, 0.25) is 0 Å². The molecule has 2 aromatic carbocycles. The molecule has 3 N–H and O–H groups in total. The molecular weight excluding hydrogens is 380 g/mol. The first-order chi connectivity index (χ1) is 14.3. The molecule has 0 saturated heterocycles. The lowest BCUT2D eigenvalue weighted by Crippen LogP contribution is -2.36. The van der Waals surface area contributed by atoms with Crippen LogP contribution in [0.25, 0.3) is 0 Å². The molecular formula is C23H32N4O3. The van der Waals surface area contributed by atoms with Crippen molar-refractivity contribution in [2.75, 3.05) is 39.6 Å². The summed E-state index contributed by atoms with van der Waals surface area (Å²) in [7, 11) is 5.56. The van der Waals surface area contributed by atoms with Crippen molar-refractivity contribution in [3.8, 4) is 5.75 Å². The molecule has 7 nitrogen and oxygen atoms in total. The summed E-state index contributed by atoms with van der Waals surface area (Å²) in [6.45, 7) is 5.14. The monoisotopic (exact) mass is 412 g/mol. The maximum atomic E-state index is 12.3. The summed E-state index contributed by atoms with van der Waals surface area (Å²) in [6, 6.07) is 14.3. The molecule has 0 aromatic heterocycles. The van der Waals surface area contributed by atoms with Crippen molar-refractivity contribution in [1.82, 2.24) is 15.5 Å². The lowest BCUT2D eigenvalue weighted by atomic mass is 10.1. The average Bonchev–Trinajstić information content (AvgIpc) is 2.72. The molecule has 0 aliphatic carbocycles. The van der Waals surface area contributed by atoms with Crippen molar-refractivity contribution in [2.24, 2.45) is 5.92 Å². The third kappa shape index (κ3) is 7.08. The van der Waals surface area contributed by atoms with Gasteiger partial charge in [-0.15, -0.1) is 0 Å². The zero-order valence-corrected chi connectivity index (χ0v) is 18.4. The molecule has 162 valence electrons. The predicted molar refractivity (Wildman–Crippen MR) is 120 cm³/mol. The van der Waals surface area contributed by atoms with Gasteiger partial charge in [-0.1, -0.05) is 26.0 Å². The molecule has 0 saturated carbocycles. The second-order valence-electron chi connectivity index (χ2n) is 7.77. The Morgan fingerprint density at radius 1 is 1.00 bits per heavy atom. The number of amides is 3. The Bertz CT molecular complexity index is 835. The number of hydrogen-bond acceptors (Lipinski definition) is 4. The number of carbonyl (C=O) groups excluding carboxylic acids is 2. The van der Waals surface area contributed by atoms with Gasteiger partial charge in [-0.2, -0.15) is 0 Å². The van der Waals surface area contributed by atoms with E-state index in [4.69, 9.17) is 4.74 Å². The summed E-state index contributed by atoms with van der Waals surface area (Å²) in [5, 5.41) is 8.58. The maximum Gasteiger partial charge on any atom is 0.319 e. The van der Waals surface area contributed by atoms with Crippen LogP contribution in [0.5, 0.6) is 5.75 Å². The smallest absolute Gasteiger partial charge is 0.319 e. The number of likely N-dealkylation sites (N-methyl/N-ethyl adjacent to an activating group) is 1. The molecule has 7 heteroatoms. The number of methoxy groups -OCH3 is 1. The first-order valence-corrected chi connectivity index (χ1v) is 10.0. The molecule has 0 aliphatic heterocycles. The molecule has 3 amide bonds. The van der Waals surface area contributed by atoms with E-state index in [1.807, 2.05) is 57.1 Å². The molecule has 2 rings (SSSR count). The summed E-state index contributed by atoms with van der Waals surface area (Å²) in [6.07, 6.45) is 0. The highest BCUT2D eigenvalue weighted by molar-refractivity contribution is 5.95. The van der Waals surface area contributed by atoms with E-state index >= 15 is 0 Å². The van der Waals surface area contributed by atoms with Crippen LogP contribution in [0.1, 0.15) is 35.8 Å². The van der Waals surface area contributed by atoms with Gasteiger partial charge in [-0.3, -0.25) is 4.79 Å². The van der Waals surface area contributed by atoms with E-state index in [-0.39, 0.29) is 18.0 Å². The van der Waals surface area contributed by atoms with Gasteiger partial charge < -0.3 is 25.6 Å². The second kappa shape index (κ2) is 11.2. The summed E-state index contributed by atoms with van der Waals surface area (Å²) in [5.41, 5.74) is 2.24. The van der Waals surface area contributed by atoms with Gasteiger partial charge >= 0.3 is 6.03 Å². The number of rotatable bonds is 9. The van der Waals surface area contributed by atoms with E-state index < -0.39 is 0 Å². The van der Waals surface area contributed by atoms with Crippen LogP contribution in [0.3, 0.4) is 0 Å². The van der Waals surface area contributed by atoms with E-state index in [1.165, 1.54) is 0 Å². The van der Waals surface area contributed by atoms with E-state index in [0.717, 1.165) is 11.3 Å². The normalized spacial score (nSPS) is 11.8. The van der Waals surface area contributed by atoms with Gasteiger partial charge in [0.15, 0.2) is 0 Å². The number of urea groups is 1. The van der Waals surface area contributed by atoms with Gasteiger partial charge in [0, 0.05) is 24.3 Å². The molecule has 1 unspecified atom stereocenters. The average molecular weight is 413 g/mol. The Balaban J connectivity index is 1.91. The van der Waals surface area contributed by atoms with Crippen molar-refractivity contribution in [1.29, 1.82) is 0 Å². The van der Waals surface area contributed by atoms with Gasteiger partial charge in [0.25, 0.3) is 5.91 Å². The van der Waals surface area contributed by atoms with Crippen LogP contribution in [0, 0.1) is 5.92 Å². The largest absolute Gasteiger partial charge is 0.497 e. The highest BCUT2D eigenvalue weighted by atomic mass is 16.5. The standard InChI is InChI=1S/C23H32N4O3/c1-16(2)14-24-22(28)17-9-11-19(12-10-17)26-23(29)25-15-21(27(3)4)18-7-6-8-20(13-18)30-5/h6-13,16,21H,14-15H2,1-5H3,(H,24,28)(H2,25,26,29). The summed E-state index contributed by atoms with van der Waals surface area (Å²) >= 11 is 0. The zero-order chi connectivity index (χ0) is 22.1. The Kier molecular flexibility index (Phi) is 8.68. The number of hydrogen-bond donors (Lipinski definition) is 3. The summed E-state index contributed by atoms with van der Waals surface area (Å²) < 4.78 is 5.30. The number of anilines is 1. The first kappa shape index (κ1) is 23.2. The Labute approximate surface area is 178 Å². The van der Waals surface area contributed by atoms with Crippen molar-refractivity contribution in [2.45, 2.75) is 19.9 Å². The lowest BCUT2D eigenvalue weighted by molar-refractivity contribution is 0.0949. The fraction of sp³-hybridized carbons (Fsp3) is 0.391. The quantitative estimate of drug-likeness (QED) is 0.589. The van der Waals surface area contributed by atoms with Crippen LogP contribution >= 0.6 is 0 Å². The molecule has 30 heavy (non-hydrogen) atoms. The SMILES string of the molecule is COc1cccc(C(CNC(=O)Nc2ccc(C(=O)NCC(C)C)cc2)N(C)C)c1. The lowest BCUT2D eigenvalue weighted by Gasteiger charge is -2.25. The topological polar surface area (TPSA) is 82.7 Å². The minimum absolute atomic E-state index is 0.00196. The minimum atomic E-state index is -0.304. The summed E-state index contributed by atoms with van der Waals surface area (Å²) in [5.74, 6) is 1.05. The highest BCUT2D eigenvalue weighted by Gasteiger charge is 2.16. The van der Waals surface area contributed by atoms with Crippen LogP contribution in [0.4, 0.5) is 10.5 Å². The molecule has 0 aliphatic rings. The van der Waals surface area contributed by atoms with Gasteiger partial charge in [0.05, 0.1) is 13.2 Å². The number of nitrogens with zero attached hydrogens (tertiary/aromatic N) is 1. The van der Waals surface area contributed by atoms with Crippen molar-refractivity contribution >= 4 is 17.6 Å². The first-order valence-electron chi connectivity index (χ1n) is 10.0. The predicted octanol–water partition coefficient (Wildman–Crippen LogP) is 3.51. The molecule has 0 bridgehead atoms. The van der Waals surface area contributed by atoms with Gasteiger partial charge in [-0.05, 0) is 62.0 Å². The third-order valence-corrected chi connectivity index (χ3v) is 4.63. The Morgan fingerprint density at radius 3 is 2.30 bits per heavy atom. The number of benzene rings is 2. The molecule has 2 aromatic rings. The van der Waals surface area contributed by atoms with Gasteiger partial charge in [0.1, 0.15) is 5.75 Å². The molecule has 1 atom stereocenters. The van der Waals surface area contributed by atoms with E-state index in [1.54, 1.807) is 31.4 Å². The van der Waals surface area contributed by atoms with Crippen molar-refractivity contribution < 1.29 is 14.3 Å². The Morgan fingerprint density at radius 2 is 1.70 bits per heavy atom. The molecule has 0 heterocycles. The number of nitrogens with one attached hydrogen (secondary N) is 3. The van der Waals surface area contributed by atoms with Crippen molar-refractivity contribution in [3.63, 3.8) is 0 Å². The highest BCUT2D eigenvalue weighted by Crippen LogP contribution is 2.22. The van der Waals surface area contributed by atoms with E-state index in [2.05, 4.69) is 16.0 Å². The third-order valence-electron chi connectivity index (χ3n) is 4.63. The van der Waals surface area contributed by atoms with E-state index in [0.29, 0.717) is 30.3 Å². The van der Waals surface area contributed by atoms with Crippen LogP contribution in [-0.2, 0) is 0 Å². The fourth-order valence-corrected chi connectivity index (χ4v) is 2.92. The molecule has 0 spiro atoms. The Hall–Kier alpha value is -3.06. The summed E-state index contributed by atoms with van der Waals surface area (Å²) in [4.78, 5) is 26.5.